The number of fused-ring (bicyclic) bond motifs is 5. The Hall–Kier alpha value is -1.06. The van der Waals surface area contributed by atoms with Crippen molar-refractivity contribution in [3.05, 3.63) is 34.3 Å². The molecule has 9 heteroatoms. The molecule has 1 aliphatic heterocycles. The number of carbonyl (C=O) groups is 4. The molecule has 2 amide bonds. The predicted octanol–water partition coefficient (Wildman–Crippen LogP) is 3.34. The smallest absolute Gasteiger partial charge is 0.329 e. The van der Waals surface area contributed by atoms with Crippen LogP contribution < -0.4 is 0 Å². The lowest BCUT2D eigenvalue weighted by Crippen LogP contribution is -2.45. The summed E-state index contributed by atoms with van der Waals surface area (Å²) in [4.78, 5) is 52.0. The molecular weight excluding hydrogens is 574 g/mol. The number of carbonyl (C=O) groups excluding carboxylic acids is 4. The largest absolute Gasteiger partial charge is 0.456 e. The lowest BCUT2D eigenvalue weighted by Gasteiger charge is -2.28. The maximum atomic E-state index is 13.0. The number of hydrogen-bond donors (Lipinski definition) is 0. The number of likely N-dealkylation sites (tertiary alicyclic amines) is 1. The monoisotopic (exact) mass is 589 g/mol. The normalized spacial score (nSPS) is 33.7. The Bertz CT molecular complexity index is 857. The molecule has 2 bridgehead atoms. The second-order valence-electron chi connectivity index (χ2n) is 7.76. The Morgan fingerprint density at radius 1 is 1.07 bits per heavy atom. The van der Waals surface area contributed by atoms with Gasteiger partial charge in [0.25, 0.3) is 0 Å². The molecule has 6 nitrogen and oxygen atoms in total. The van der Waals surface area contributed by atoms with Gasteiger partial charge in [-0.2, -0.15) is 0 Å². The number of ketones is 1. The summed E-state index contributed by atoms with van der Waals surface area (Å²) in [6.07, 6.45) is 0.826. The Balaban J connectivity index is 1.42. The highest BCUT2D eigenvalue weighted by atomic mass is 79.9. The highest BCUT2D eigenvalue weighted by molar-refractivity contribution is 9.12. The Morgan fingerprint density at radius 3 is 2.10 bits per heavy atom. The number of esters is 1. The van der Waals surface area contributed by atoms with E-state index in [9.17, 15) is 19.2 Å². The van der Waals surface area contributed by atoms with Crippen molar-refractivity contribution in [1.29, 1.82) is 0 Å². The molecule has 29 heavy (non-hydrogen) atoms. The van der Waals surface area contributed by atoms with Crippen molar-refractivity contribution < 1.29 is 23.9 Å². The number of imide groups is 1. The third kappa shape index (κ3) is 3.43. The van der Waals surface area contributed by atoms with Gasteiger partial charge in [0.15, 0.2) is 12.4 Å². The Labute approximate surface area is 193 Å². The minimum Gasteiger partial charge on any atom is -0.456 e. The van der Waals surface area contributed by atoms with Gasteiger partial charge in [0.1, 0.15) is 6.04 Å². The van der Waals surface area contributed by atoms with Crippen LogP contribution in [-0.2, 0) is 19.1 Å². The van der Waals surface area contributed by atoms with E-state index in [0.717, 1.165) is 15.8 Å². The third-order valence-electron chi connectivity index (χ3n) is 6.26. The van der Waals surface area contributed by atoms with E-state index in [4.69, 9.17) is 4.74 Å². The molecule has 1 aromatic carbocycles. The summed E-state index contributed by atoms with van der Waals surface area (Å²) in [7, 11) is 0. The summed E-state index contributed by atoms with van der Waals surface area (Å²) in [5.74, 6) is -2.32. The molecule has 0 N–H and O–H groups in total. The number of benzene rings is 1. The molecule has 0 aromatic heterocycles. The fourth-order valence-corrected chi connectivity index (χ4v) is 6.97. The van der Waals surface area contributed by atoms with Gasteiger partial charge in [-0.1, -0.05) is 59.9 Å². The van der Waals surface area contributed by atoms with E-state index in [1.807, 2.05) is 0 Å². The highest BCUT2D eigenvalue weighted by Crippen LogP contribution is 2.60. The number of hydrogen-bond acceptors (Lipinski definition) is 5. The Morgan fingerprint density at radius 2 is 1.59 bits per heavy atom. The topological polar surface area (TPSA) is 80.8 Å². The number of alkyl halides is 2. The number of nitrogens with zero attached hydrogens (tertiary/aromatic N) is 1. The van der Waals surface area contributed by atoms with Gasteiger partial charge in [-0.05, 0) is 37.3 Å². The summed E-state index contributed by atoms with van der Waals surface area (Å²) in [6.45, 7) is 1.04. The van der Waals surface area contributed by atoms with Crippen LogP contribution in [0.25, 0.3) is 0 Å². The molecule has 1 heterocycles. The number of ether oxygens (including phenoxy) is 1. The molecule has 3 aliphatic rings. The third-order valence-corrected chi connectivity index (χ3v) is 10.00. The fourth-order valence-electron chi connectivity index (χ4n) is 4.84. The molecule has 2 saturated carbocycles. The lowest BCUT2D eigenvalue weighted by molar-refractivity contribution is -0.157. The van der Waals surface area contributed by atoms with E-state index in [1.165, 1.54) is 6.92 Å². The zero-order chi connectivity index (χ0) is 21.0. The van der Waals surface area contributed by atoms with Gasteiger partial charge in [0.2, 0.25) is 11.8 Å². The number of Topliss-reactive ketones (excluding diaryl/α,β-unsaturated/α-hetero) is 1. The van der Waals surface area contributed by atoms with Gasteiger partial charge >= 0.3 is 5.97 Å². The molecule has 1 saturated heterocycles. The van der Waals surface area contributed by atoms with Gasteiger partial charge < -0.3 is 4.74 Å². The standard InChI is InChI=1S/C20H18Br3NO5/c1-8(20(28)29-7-13(25)9-2-4-10(21)5-3-9)24-18(26)14-11-6-12(15(14)19(24)27)17(23)16(11)22/h2-5,8,11-12,14-17H,6-7H2,1H3/t8-,11-,12-,14-,15+,16-,17+/m0/s1. The van der Waals surface area contributed by atoms with E-state index in [0.29, 0.717) is 5.56 Å². The SMILES string of the molecule is C[C@@H](C(=O)OCC(=O)c1ccc(Br)cc1)N1C(=O)[C@@H]2[C@@H]3C[C@H]([C@H](Br)[C@@H]3Br)[C@@H]2C1=O. The van der Waals surface area contributed by atoms with E-state index >= 15 is 0 Å². The van der Waals surface area contributed by atoms with Crippen molar-refractivity contribution in [2.24, 2.45) is 23.7 Å². The van der Waals surface area contributed by atoms with E-state index in [1.54, 1.807) is 24.3 Å². The van der Waals surface area contributed by atoms with Crippen molar-refractivity contribution in [1.82, 2.24) is 4.90 Å². The van der Waals surface area contributed by atoms with Crippen LogP contribution in [0.15, 0.2) is 28.7 Å². The van der Waals surface area contributed by atoms with Crippen molar-refractivity contribution in [2.45, 2.75) is 29.0 Å². The molecule has 3 fully saturated rings. The quantitative estimate of drug-likeness (QED) is 0.227. The molecule has 4 rings (SSSR count). The minimum absolute atomic E-state index is 0.0815. The average Bonchev–Trinajstić information content (AvgIpc) is 3.30. The number of rotatable bonds is 5. The summed E-state index contributed by atoms with van der Waals surface area (Å²) in [5.41, 5.74) is 0.416. The molecule has 0 radical (unpaired) electrons. The first-order valence-electron chi connectivity index (χ1n) is 9.32. The molecule has 2 aliphatic carbocycles. The van der Waals surface area contributed by atoms with Crippen LogP contribution in [0.5, 0.6) is 0 Å². The Kier molecular flexibility index (Phi) is 5.76. The van der Waals surface area contributed by atoms with Crippen molar-refractivity contribution in [3.63, 3.8) is 0 Å². The van der Waals surface area contributed by atoms with Gasteiger partial charge in [-0.25, -0.2) is 4.79 Å². The first-order chi connectivity index (χ1) is 13.7. The summed E-state index contributed by atoms with van der Waals surface area (Å²) in [6, 6.07) is 5.64. The molecule has 7 atom stereocenters. The van der Waals surface area contributed by atoms with Crippen LogP contribution in [0.1, 0.15) is 23.7 Å². The summed E-state index contributed by atoms with van der Waals surface area (Å²) < 4.78 is 5.96. The lowest BCUT2D eigenvalue weighted by atomic mass is 9.81. The van der Waals surface area contributed by atoms with Gasteiger partial charge in [0, 0.05) is 19.7 Å². The molecule has 0 unspecified atom stereocenters. The van der Waals surface area contributed by atoms with Crippen LogP contribution in [0, 0.1) is 23.7 Å². The van der Waals surface area contributed by atoms with Crippen LogP contribution in [0.2, 0.25) is 0 Å². The first kappa shape index (κ1) is 21.2. The fraction of sp³-hybridized carbons (Fsp3) is 0.500. The zero-order valence-electron chi connectivity index (χ0n) is 15.4. The maximum absolute atomic E-state index is 13.0. The van der Waals surface area contributed by atoms with Gasteiger partial charge in [0.05, 0.1) is 11.8 Å². The van der Waals surface area contributed by atoms with Crippen LogP contribution in [0.3, 0.4) is 0 Å². The summed E-state index contributed by atoms with van der Waals surface area (Å²) in [5, 5.41) is 0. The van der Waals surface area contributed by atoms with Gasteiger partial charge in [-0.3, -0.25) is 19.3 Å². The molecular formula is C20H18Br3NO5. The molecule has 0 spiro atoms. The van der Waals surface area contributed by atoms with Crippen molar-refractivity contribution in [3.8, 4) is 0 Å². The van der Waals surface area contributed by atoms with Crippen LogP contribution in [0.4, 0.5) is 0 Å². The van der Waals surface area contributed by atoms with Crippen LogP contribution in [-0.4, -0.2) is 50.8 Å². The highest BCUT2D eigenvalue weighted by Gasteiger charge is 2.67. The second-order valence-corrected chi connectivity index (χ2v) is 10.8. The van der Waals surface area contributed by atoms with Gasteiger partial charge in [-0.15, -0.1) is 0 Å². The van der Waals surface area contributed by atoms with Crippen molar-refractivity contribution in [2.75, 3.05) is 6.61 Å². The summed E-state index contributed by atoms with van der Waals surface area (Å²) >= 11 is 10.6. The number of halogens is 3. The minimum atomic E-state index is -1.06. The zero-order valence-corrected chi connectivity index (χ0v) is 20.1. The number of amides is 2. The van der Waals surface area contributed by atoms with E-state index < -0.39 is 18.6 Å². The van der Waals surface area contributed by atoms with E-state index in [2.05, 4.69) is 47.8 Å². The molecule has 154 valence electrons. The predicted molar refractivity (Wildman–Crippen MR) is 115 cm³/mol. The van der Waals surface area contributed by atoms with E-state index in [-0.39, 0.29) is 50.9 Å². The average molecular weight is 592 g/mol. The van der Waals surface area contributed by atoms with Crippen LogP contribution >= 0.6 is 47.8 Å². The molecule has 1 aromatic rings. The second kappa shape index (κ2) is 7.89. The first-order valence-corrected chi connectivity index (χ1v) is 11.9. The van der Waals surface area contributed by atoms with Crippen molar-refractivity contribution >= 4 is 71.4 Å². The maximum Gasteiger partial charge on any atom is 0.329 e.